The molecule has 1 atom stereocenters. The summed E-state index contributed by atoms with van der Waals surface area (Å²) in [6.07, 6.45) is 0.930. The predicted octanol–water partition coefficient (Wildman–Crippen LogP) is -0.527. The molecule has 1 fully saturated rings. The molecule has 74 valence electrons. The van der Waals surface area contributed by atoms with Gasteiger partial charge in [-0.1, -0.05) is 0 Å². The minimum absolute atomic E-state index is 0.0916. The number of H-pyrrole nitrogens is 1. The highest BCUT2D eigenvalue weighted by atomic mass is 16.3. The van der Waals surface area contributed by atoms with Gasteiger partial charge in [0, 0.05) is 6.20 Å². The SMILES string of the molecule is O=C1CC(O)CN1c1ccc[nH]c1=O. The van der Waals surface area contributed by atoms with Crippen molar-refractivity contribution in [3.63, 3.8) is 0 Å². The van der Waals surface area contributed by atoms with Gasteiger partial charge in [-0.3, -0.25) is 9.59 Å². The number of nitrogens with one attached hydrogen (secondary N) is 1. The molecule has 1 saturated heterocycles. The Kier molecular flexibility index (Phi) is 2.09. The Labute approximate surface area is 80.0 Å². The number of amides is 1. The number of pyridine rings is 1. The number of carbonyl (C=O) groups excluding carboxylic acids is 1. The van der Waals surface area contributed by atoms with E-state index in [4.69, 9.17) is 0 Å². The average molecular weight is 194 g/mol. The molecule has 0 radical (unpaired) electrons. The maximum absolute atomic E-state index is 11.4. The second-order valence-electron chi connectivity index (χ2n) is 3.25. The van der Waals surface area contributed by atoms with Gasteiger partial charge in [0.05, 0.1) is 19.1 Å². The molecule has 0 saturated carbocycles. The fourth-order valence-corrected chi connectivity index (χ4v) is 1.55. The quantitative estimate of drug-likeness (QED) is 0.631. The largest absolute Gasteiger partial charge is 0.391 e. The minimum atomic E-state index is -0.665. The monoisotopic (exact) mass is 194 g/mol. The highest BCUT2D eigenvalue weighted by Gasteiger charge is 2.30. The Morgan fingerprint density at radius 3 is 2.86 bits per heavy atom. The molecule has 1 unspecified atom stereocenters. The van der Waals surface area contributed by atoms with Gasteiger partial charge in [0.2, 0.25) is 5.91 Å². The Bertz CT molecular complexity index is 413. The molecule has 0 aliphatic carbocycles. The molecule has 14 heavy (non-hydrogen) atoms. The number of aromatic nitrogens is 1. The highest BCUT2D eigenvalue weighted by Crippen LogP contribution is 2.16. The first-order valence-corrected chi connectivity index (χ1v) is 4.34. The summed E-state index contributed by atoms with van der Waals surface area (Å²) in [5.41, 5.74) is -0.0102. The van der Waals surface area contributed by atoms with Gasteiger partial charge >= 0.3 is 0 Å². The van der Waals surface area contributed by atoms with E-state index < -0.39 is 6.10 Å². The molecule has 5 nitrogen and oxygen atoms in total. The van der Waals surface area contributed by atoms with Crippen molar-refractivity contribution in [1.29, 1.82) is 0 Å². The van der Waals surface area contributed by atoms with E-state index in [1.807, 2.05) is 0 Å². The van der Waals surface area contributed by atoms with Gasteiger partial charge in [-0.15, -0.1) is 0 Å². The number of aliphatic hydroxyl groups excluding tert-OH is 1. The van der Waals surface area contributed by atoms with Crippen molar-refractivity contribution in [1.82, 2.24) is 4.98 Å². The number of anilines is 1. The van der Waals surface area contributed by atoms with E-state index in [1.54, 1.807) is 12.1 Å². The highest BCUT2D eigenvalue weighted by molar-refractivity contribution is 5.95. The smallest absolute Gasteiger partial charge is 0.271 e. The third-order valence-electron chi connectivity index (χ3n) is 2.19. The Balaban J connectivity index is 2.37. The van der Waals surface area contributed by atoms with Gasteiger partial charge in [-0.25, -0.2) is 0 Å². The maximum Gasteiger partial charge on any atom is 0.271 e. The molecule has 2 N–H and O–H groups in total. The van der Waals surface area contributed by atoms with Gasteiger partial charge < -0.3 is 15.0 Å². The number of nitrogens with zero attached hydrogens (tertiary/aromatic N) is 1. The molecule has 5 heteroatoms. The molecule has 1 amide bonds. The number of β-amino-alcohol motifs (C(OH)–C–C–N with tert-alkyl or cyclic N) is 1. The third-order valence-corrected chi connectivity index (χ3v) is 2.19. The van der Waals surface area contributed by atoms with Crippen molar-refractivity contribution in [2.45, 2.75) is 12.5 Å². The lowest BCUT2D eigenvalue weighted by molar-refractivity contribution is -0.117. The summed E-state index contributed by atoms with van der Waals surface area (Å²) >= 11 is 0. The van der Waals surface area contributed by atoms with Gasteiger partial charge in [0.15, 0.2) is 0 Å². The van der Waals surface area contributed by atoms with E-state index in [0.29, 0.717) is 5.69 Å². The Morgan fingerprint density at radius 2 is 2.29 bits per heavy atom. The number of hydrogen-bond donors (Lipinski definition) is 2. The van der Waals surface area contributed by atoms with Crippen LogP contribution >= 0.6 is 0 Å². The fraction of sp³-hybridized carbons (Fsp3) is 0.333. The zero-order chi connectivity index (χ0) is 10.1. The van der Waals surface area contributed by atoms with Crippen LogP contribution in [0.1, 0.15) is 6.42 Å². The van der Waals surface area contributed by atoms with Crippen molar-refractivity contribution in [2.24, 2.45) is 0 Å². The second kappa shape index (κ2) is 3.26. The lowest BCUT2D eigenvalue weighted by Gasteiger charge is -2.13. The van der Waals surface area contributed by atoms with Gasteiger partial charge in [-0.2, -0.15) is 0 Å². The standard InChI is InChI=1S/C9H10N2O3/c12-6-4-8(13)11(5-6)7-2-1-3-10-9(7)14/h1-3,6,12H,4-5H2,(H,10,14). The molecule has 1 aliphatic heterocycles. The maximum atomic E-state index is 11.4. The lowest BCUT2D eigenvalue weighted by Crippen LogP contribution is -2.30. The number of carbonyl (C=O) groups is 1. The van der Waals surface area contributed by atoms with E-state index >= 15 is 0 Å². The molecular weight excluding hydrogens is 184 g/mol. The molecule has 2 heterocycles. The summed E-state index contributed by atoms with van der Waals surface area (Å²) in [6, 6.07) is 3.21. The number of hydrogen-bond acceptors (Lipinski definition) is 3. The molecule has 1 aliphatic rings. The van der Waals surface area contributed by atoms with Crippen LogP contribution in [0.4, 0.5) is 5.69 Å². The summed E-state index contributed by atoms with van der Waals surface area (Å²) in [5.74, 6) is -0.214. The molecule has 0 aromatic carbocycles. The zero-order valence-electron chi connectivity index (χ0n) is 7.43. The summed E-state index contributed by atoms with van der Waals surface area (Å²) in [4.78, 5) is 26.5. The van der Waals surface area contributed by atoms with Crippen molar-refractivity contribution < 1.29 is 9.90 Å². The molecule has 1 aromatic rings. The summed E-state index contributed by atoms with van der Waals surface area (Å²) in [6.45, 7) is 0.200. The molecule has 1 aromatic heterocycles. The van der Waals surface area contributed by atoms with E-state index in [2.05, 4.69) is 4.98 Å². The third kappa shape index (κ3) is 1.42. The molecule has 2 rings (SSSR count). The summed E-state index contributed by atoms with van der Waals surface area (Å²) in [7, 11) is 0. The van der Waals surface area contributed by atoms with Crippen LogP contribution in [0.2, 0.25) is 0 Å². The second-order valence-corrected chi connectivity index (χ2v) is 3.25. The van der Waals surface area contributed by atoms with Crippen LogP contribution in [0.15, 0.2) is 23.1 Å². The Hall–Kier alpha value is -1.62. The molecule has 0 bridgehead atoms. The van der Waals surface area contributed by atoms with Crippen LogP contribution in [0, 0.1) is 0 Å². The van der Waals surface area contributed by atoms with E-state index in [-0.39, 0.29) is 24.4 Å². The van der Waals surface area contributed by atoms with Gasteiger partial charge in [0.25, 0.3) is 5.56 Å². The van der Waals surface area contributed by atoms with Crippen molar-refractivity contribution in [3.05, 3.63) is 28.7 Å². The predicted molar refractivity (Wildman–Crippen MR) is 50.0 cm³/mol. The Morgan fingerprint density at radius 1 is 1.50 bits per heavy atom. The van der Waals surface area contributed by atoms with Crippen LogP contribution in [-0.4, -0.2) is 28.6 Å². The number of aliphatic hydroxyl groups is 1. The van der Waals surface area contributed by atoms with E-state index in [0.717, 1.165) is 0 Å². The van der Waals surface area contributed by atoms with E-state index in [1.165, 1.54) is 11.1 Å². The first-order valence-electron chi connectivity index (χ1n) is 4.34. The van der Waals surface area contributed by atoms with Crippen LogP contribution in [0.5, 0.6) is 0 Å². The fourth-order valence-electron chi connectivity index (χ4n) is 1.55. The van der Waals surface area contributed by atoms with E-state index in [9.17, 15) is 14.7 Å². The molecule has 0 spiro atoms. The first-order chi connectivity index (χ1) is 6.68. The zero-order valence-corrected chi connectivity index (χ0v) is 7.43. The van der Waals surface area contributed by atoms with Crippen molar-refractivity contribution in [2.75, 3.05) is 11.4 Å². The van der Waals surface area contributed by atoms with Crippen molar-refractivity contribution >= 4 is 11.6 Å². The van der Waals surface area contributed by atoms with Crippen LogP contribution in [-0.2, 0) is 4.79 Å². The lowest BCUT2D eigenvalue weighted by atomic mass is 10.3. The van der Waals surface area contributed by atoms with Crippen molar-refractivity contribution in [3.8, 4) is 0 Å². The van der Waals surface area contributed by atoms with Crippen LogP contribution in [0.25, 0.3) is 0 Å². The average Bonchev–Trinajstić information content (AvgIpc) is 2.46. The normalized spacial score (nSPS) is 21.6. The van der Waals surface area contributed by atoms with Crippen LogP contribution in [0.3, 0.4) is 0 Å². The van der Waals surface area contributed by atoms with Crippen LogP contribution < -0.4 is 10.5 Å². The number of aromatic amines is 1. The minimum Gasteiger partial charge on any atom is -0.391 e. The number of rotatable bonds is 1. The van der Waals surface area contributed by atoms with Gasteiger partial charge in [0.1, 0.15) is 5.69 Å². The first kappa shape index (κ1) is 8.96. The summed E-state index contributed by atoms with van der Waals surface area (Å²) < 4.78 is 0. The topological polar surface area (TPSA) is 73.4 Å². The molecular formula is C9H10N2O3. The van der Waals surface area contributed by atoms with Gasteiger partial charge in [-0.05, 0) is 12.1 Å². The summed E-state index contributed by atoms with van der Waals surface area (Å²) in [5, 5.41) is 9.25.